The third kappa shape index (κ3) is 5.21. The number of rotatable bonds is 6. The summed E-state index contributed by atoms with van der Waals surface area (Å²) in [5.74, 6) is 0. The quantitative estimate of drug-likeness (QED) is 0.417. The third-order valence-corrected chi connectivity index (χ3v) is 5.84. The predicted molar refractivity (Wildman–Crippen MR) is 133 cm³/mol. The maximum absolute atomic E-state index is 12.8. The van der Waals surface area contributed by atoms with Crippen molar-refractivity contribution in [1.82, 2.24) is 20.2 Å². The van der Waals surface area contributed by atoms with E-state index >= 15 is 0 Å². The van der Waals surface area contributed by atoms with E-state index in [2.05, 4.69) is 34.3 Å². The number of nitrogens with zero attached hydrogens (tertiary/aromatic N) is 2. The average Bonchev–Trinajstić information content (AvgIpc) is 2.80. The van der Waals surface area contributed by atoms with Crippen LogP contribution in [0.25, 0.3) is 10.9 Å². The highest BCUT2D eigenvalue weighted by molar-refractivity contribution is 7.80. The average molecular weight is 443 g/mol. The molecule has 32 heavy (non-hydrogen) atoms. The van der Waals surface area contributed by atoms with Crippen molar-refractivity contribution in [1.29, 1.82) is 0 Å². The highest BCUT2D eigenvalue weighted by Crippen LogP contribution is 2.17. The zero-order valence-electron chi connectivity index (χ0n) is 18.2. The fraction of sp³-hybridized carbons (Fsp3) is 0.192. The first-order chi connectivity index (χ1) is 15.5. The number of aryl methyl sites for hydroxylation is 1. The van der Waals surface area contributed by atoms with E-state index in [4.69, 9.17) is 12.2 Å². The van der Waals surface area contributed by atoms with Gasteiger partial charge in [0.05, 0.1) is 12.6 Å². The van der Waals surface area contributed by atoms with Gasteiger partial charge < -0.3 is 15.2 Å². The number of pyridine rings is 2. The van der Waals surface area contributed by atoms with Crippen molar-refractivity contribution in [2.24, 2.45) is 0 Å². The number of aromatic amines is 1. The van der Waals surface area contributed by atoms with Gasteiger partial charge in [-0.15, -0.1) is 0 Å². The number of H-pyrrole nitrogens is 1. The van der Waals surface area contributed by atoms with Crippen molar-refractivity contribution in [2.45, 2.75) is 33.0 Å². The molecule has 0 saturated carbocycles. The van der Waals surface area contributed by atoms with Crippen LogP contribution >= 0.6 is 12.2 Å². The summed E-state index contributed by atoms with van der Waals surface area (Å²) in [6.07, 6.45) is 3.57. The van der Waals surface area contributed by atoms with Gasteiger partial charge in [-0.1, -0.05) is 48.5 Å². The van der Waals surface area contributed by atoms with Gasteiger partial charge in [0.1, 0.15) is 0 Å². The number of nitrogens with one attached hydrogen (secondary N) is 2. The molecule has 5 nitrogen and oxygen atoms in total. The predicted octanol–water partition coefficient (Wildman–Crippen LogP) is 4.87. The Hall–Kier alpha value is -3.51. The Kier molecular flexibility index (Phi) is 6.61. The van der Waals surface area contributed by atoms with Gasteiger partial charge in [-0.2, -0.15) is 0 Å². The van der Waals surface area contributed by atoms with E-state index in [-0.39, 0.29) is 11.6 Å². The van der Waals surface area contributed by atoms with Crippen molar-refractivity contribution >= 4 is 28.2 Å². The molecule has 2 aromatic heterocycles. The summed E-state index contributed by atoms with van der Waals surface area (Å²) in [6.45, 7) is 5.03. The van der Waals surface area contributed by atoms with Crippen molar-refractivity contribution in [3.05, 3.63) is 112 Å². The van der Waals surface area contributed by atoms with Crippen molar-refractivity contribution < 1.29 is 0 Å². The van der Waals surface area contributed by atoms with Crippen LogP contribution in [0.5, 0.6) is 0 Å². The molecule has 0 aliphatic carbocycles. The molecule has 162 valence electrons. The number of benzene rings is 2. The van der Waals surface area contributed by atoms with E-state index in [1.807, 2.05) is 72.6 Å². The molecule has 2 aromatic carbocycles. The second kappa shape index (κ2) is 9.75. The second-order valence-corrected chi connectivity index (χ2v) is 8.40. The molecule has 0 bridgehead atoms. The lowest BCUT2D eigenvalue weighted by atomic mass is 10.1. The minimum absolute atomic E-state index is 0.0398. The zero-order valence-corrected chi connectivity index (χ0v) is 19.0. The summed E-state index contributed by atoms with van der Waals surface area (Å²) >= 11 is 5.79. The summed E-state index contributed by atoms with van der Waals surface area (Å²) in [5.41, 5.74) is 4.70. The zero-order chi connectivity index (χ0) is 22.5. The number of hydrogen-bond donors (Lipinski definition) is 2. The molecule has 0 radical (unpaired) electrons. The molecule has 4 aromatic rings. The molecule has 1 atom stereocenters. The molecule has 0 unspecified atom stereocenters. The monoisotopic (exact) mass is 442 g/mol. The summed E-state index contributed by atoms with van der Waals surface area (Å²) in [7, 11) is 0. The van der Waals surface area contributed by atoms with Crippen molar-refractivity contribution in [2.75, 3.05) is 0 Å². The van der Waals surface area contributed by atoms with Gasteiger partial charge in [-0.05, 0) is 66.3 Å². The molecule has 0 aliphatic rings. The van der Waals surface area contributed by atoms with Crippen LogP contribution in [0.15, 0.2) is 83.9 Å². The van der Waals surface area contributed by atoms with E-state index < -0.39 is 0 Å². The van der Waals surface area contributed by atoms with Crippen LogP contribution in [0.3, 0.4) is 0 Å². The van der Waals surface area contributed by atoms with Gasteiger partial charge in [0.2, 0.25) is 0 Å². The van der Waals surface area contributed by atoms with E-state index in [0.29, 0.717) is 23.8 Å². The molecule has 0 amide bonds. The normalized spacial score (nSPS) is 11.8. The van der Waals surface area contributed by atoms with Crippen LogP contribution in [0.4, 0.5) is 0 Å². The fourth-order valence-electron chi connectivity index (χ4n) is 3.70. The van der Waals surface area contributed by atoms with Crippen LogP contribution in [-0.4, -0.2) is 20.0 Å². The minimum Gasteiger partial charge on any atom is -0.356 e. The molecular formula is C26H26N4OS. The SMILES string of the molecule is Cc1ccc2cc(CN(Cc3cccnc3)C(=S)N[C@H](C)c3ccccc3)c(=O)[nH]c2c1. The number of aromatic nitrogens is 2. The van der Waals surface area contributed by atoms with E-state index in [1.54, 1.807) is 6.20 Å². The summed E-state index contributed by atoms with van der Waals surface area (Å²) < 4.78 is 0. The first-order valence-corrected chi connectivity index (χ1v) is 11.0. The van der Waals surface area contributed by atoms with Crippen LogP contribution in [0.2, 0.25) is 0 Å². The number of thiocarbonyl (C=S) groups is 1. The third-order valence-electron chi connectivity index (χ3n) is 5.46. The van der Waals surface area contributed by atoms with E-state index in [1.165, 1.54) is 0 Å². The molecule has 6 heteroatoms. The Bertz CT molecular complexity index is 1270. The van der Waals surface area contributed by atoms with Gasteiger partial charge in [0, 0.05) is 30.0 Å². The summed E-state index contributed by atoms with van der Waals surface area (Å²) in [5, 5.41) is 5.02. The molecule has 0 saturated heterocycles. The van der Waals surface area contributed by atoms with Crippen molar-refractivity contribution in [3.63, 3.8) is 0 Å². The summed E-state index contributed by atoms with van der Waals surface area (Å²) in [6, 6.07) is 22.1. The Morgan fingerprint density at radius 3 is 2.66 bits per heavy atom. The molecule has 4 rings (SSSR count). The Morgan fingerprint density at radius 2 is 1.91 bits per heavy atom. The smallest absolute Gasteiger partial charge is 0.253 e. The lowest BCUT2D eigenvalue weighted by molar-refractivity contribution is 0.391. The standard InChI is InChI=1S/C26H26N4OS/c1-18-10-11-22-14-23(25(31)29-24(22)13-18)17-30(16-20-7-6-12-27-15-20)26(32)28-19(2)21-8-4-3-5-9-21/h3-15,19H,16-17H2,1-2H3,(H,28,32)(H,29,31)/t19-/m1/s1. The number of hydrogen-bond acceptors (Lipinski definition) is 3. The maximum Gasteiger partial charge on any atom is 0.253 e. The Labute approximate surface area is 193 Å². The molecule has 2 N–H and O–H groups in total. The topological polar surface area (TPSA) is 61.0 Å². The highest BCUT2D eigenvalue weighted by Gasteiger charge is 2.16. The van der Waals surface area contributed by atoms with Gasteiger partial charge in [0.15, 0.2) is 5.11 Å². The lowest BCUT2D eigenvalue weighted by Gasteiger charge is -2.28. The van der Waals surface area contributed by atoms with E-state index in [9.17, 15) is 4.79 Å². The van der Waals surface area contributed by atoms with E-state index in [0.717, 1.165) is 27.6 Å². The lowest BCUT2D eigenvalue weighted by Crippen LogP contribution is -2.41. The van der Waals surface area contributed by atoms with Crippen LogP contribution in [0, 0.1) is 6.92 Å². The minimum atomic E-state index is -0.0989. The molecule has 0 spiro atoms. The van der Waals surface area contributed by atoms with Crippen LogP contribution in [0.1, 0.15) is 35.2 Å². The largest absolute Gasteiger partial charge is 0.356 e. The van der Waals surface area contributed by atoms with Crippen molar-refractivity contribution in [3.8, 4) is 0 Å². The molecule has 0 aliphatic heterocycles. The Morgan fingerprint density at radius 1 is 1.09 bits per heavy atom. The van der Waals surface area contributed by atoms with Crippen LogP contribution in [-0.2, 0) is 13.1 Å². The molecule has 2 heterocycles. The van der Waals surface area contributed by atoms with Gasteiger partial charge in [-0.25, -0.2) is 0 Å². The first-order valence-electron chi connectivity index (χ1n) is 10.6. The molecule has 0 fully saturated rings. The first kappa shape index (κ1) is 21.7. The summed E-state index contributed by atoms with van der Waals surface area (Å²) in [4.78, 5) is 22.1. The van der Waals surface area contributed by atoms with Crippen LogP contribution < -0.4 is 10.9 Å². The Balaban J connectivity index is 1.61. The fourth-order valence-corrected chi connectivity index (χ4v) is 4.00. The number of fused-ring (bicyclic) bond motifs is 1. The van der Waals surface area contributed by atoms with Gasteiger partial charge in [-0.3, -0.25) is 9.78 Å². The van der Waals surface area contributed by atoms with Gasteiger partial charge >= 0.3 is 0 Å². The molecular weight excluding hydrogens is 416 g/mol. The second-order valence-electron chi connectivity index (χ2n) is 8.01. The van der Waals surface area contributed by atoms with Gasteiger partial charge in [0.25, 0.3) is 5.56 Å². The highest BCUT2D eigenvalue weighted by atomic mass is 32.1. The maximum atomic E-state index is 12.8.